The molecule has 1 heterocycles. The third kappa shape index (κ3) is 5.43. The van der Waals surface area contributed by atoms with Crippen molar-refractivity contribution in [3.63, 3.8) is 0 Å². The number of rotatable bonds is 7. The van der Waals surface area contributed by atoms with Crippen molar-refractivity contribution in [3.8, 4) is 0 Å². The second-order valence-electron chi connectivity index (χ2n) is 5.81. The van der Waals surface area contributed by atoms with Crippen molar-refractivity contribution < 1.29 is 24.4 Å². The Balaban J connectivity index is 1.95. The van der Waals surface area contributed by atoms with Crippen LogP contribution in [0.2, 0.25) is 0 Å². The Labute approximate surface area is 149 Å². The Morgan fingerprint density at radius 1 is 1.40 bits per heavy atom. The van der Waals surface area contributed by atoms with Gasteiger partial charge in [-0.1, -0.05) is 0 Å². The zero-order valence-electron chi connectivity index (χ0n) is 13.7. The number of non-ortho nitro benzene ring substituents is 1. The lowest BCUT2D eigenvalue weighted by Gasteiger charge is -2.28. The number of carboxylic acids is 1. The number of nitrogens with zero attached hydrogens (tertiary/aromatic N) is 1. The van der Waals surface area contributed by atoms with Crippen LogP contribution < -0.4 is 5.32 Å². The molecule has 25 heavy (non-hydrogen) atoms. The molecule has 136 valence electrons. The molecule has 0 aromatic heterocycles. The van der Waals surface area contributed by atoms with Crippen molar-refractivity contribution in [1.82, 2.24) is 5.32 Å². The van der Waals surface area contributed by atoms with Gasteiger partial charge in [0.05, 0.1) is 16.8 Å². The van der Waals surface area contributed by atoms with Gasteiger partial charge in [-0.05, 0) is 31.9 Å². The van der Waals surface area contributed by atoms with Crippen LogP contribution in [0.25, 0.3) is 0 Å². The van der Waals surface area contributed by atoms with E-state index in [9.17, 15) is 24.8 Å². The van der Waals surface area contributed by atoms with Crippen LogP contribution in [0.3, 0.4) is 0 Å². The highest BCUT2D eigenvalue weighted by atomic mass is 32.2. The van der Waals surface area contributed by atoms with E-state index in [1.165, 1.54) is 23.9 Å². The largest absolute Gasteiger partial charge is 0.480 e. The van der Waals surface area contributed by atoms with E-state index in [1.807, 2.05) is 0 Å². The summed E-state index contributed by atoms with van der Waals surface area (Å²) in [6, 6.07) is 4.89. The van der Waals surface area contributed by atoms with Crippen LogP contribution in [-0.4, -0.2) is 46.4 Å². The summed E-state index contributed by atoms with van der Waals surface area (Å²) in [5.74, 6) is -1.70. The molecule has 9 heteroatoms. The Bertz CT molecular complexity index is 630. The average Bonchev–Trinajstić information content (AvgIpc) is 2.60. The third-order valence-electron chi connectivity index (χ3n) is 3.96. The second kappa shape index (κ2) is 8.82. The van der Waals surface area contributed by atoms with Gasteiger partial charge in [-0.3, -0.25) is 14.9 Å². The molecule has 1 aliphatic rings. The fraction of sp³-hybridized carbons (Fsp3) is 0.500. The highest BCUT2D eigenvalue weighted by Crippen LogP contribution is 2.26. The molecule has 1 saturated heterocycles. The van der Waals surface area contributed by atoms with Crippen molar-refractivity contribution in [3.05, 3.63) is 34.4 Å². The smallest absolute Gasteiger partial charge is 0.326 e. The van der Waals surface area contributed by atoms with Gasteiger partial charge in [0, 0.05) is 29.6 Å². The first-order chi connectivity index (χ1) is 11.9. The van der Waals surface area contributed by atoms with Gasteiger partial charge in [0.25, 0.3) is 5.69 Å². The molecule has 0 bridgehead atoms. The number of amides is 1. The quantitative estimate of drug-likeness (QED) is 0.429. The van der Waals surface area contributed by atoms with Gasteiger partial charge in [0.1, 0.15) is 6.04 Å². The lowest BCUT2D eigenvalue weighted by Crippen LogP contribution is -2.50. The van der Waals surface area contributed by atoms with Gasteiger partial charge in [0.2, 0.25) is 5.91 Å². The molecule has 1 aliphatic heterocycles. The SMILES string of the molecule is CC(Sc1ccc([N+](=O)[O-])cc1)C(=O)NC(C(=O)O)C1CCCOC1. The van der Waals surface area contributed by atoms with Crippen LogP contribution in [0.5, 0.6) is 0 Å². The molecule has 2 rings (SSSR count). The number of hydrogen-bond acceptors (Lipinski definition) is 6. The molecule has 0 radical (unpaired) electrons. The summed E-state index contributed by atoms with van der Waals surface area (Å²) >= 11 is 1.21. The predicted octanol–water partition coefficient (Wildman–Crippen LogP) is 2.07. The number of benzene rings is 1. The number of carbonyl (C=O) groups excluding carboxylic acids is 1. The number of nitro benzene ring substituents is 1. The Morgan fingerprint density at radius 3 is 2.60 bits per heavy atom. The summed E-state index contributed by atoms with van der Waals surface area (Å²) in [6.45, 7) is 2.60. The van der Waals surface area contributed by atoms with Crippen LogP contribution in [-0.2, 0) is 14.3 Å². The minimum Gasteiger partial charge on any atom is -0.480 e. The molecule has 1 aromatic rings. The predicted molar refractivity (Wildman–Crippen MR) is 91.5 cm³/mol. The fourth-order valence-corrected chi connectivity index (χ4v) is 3.46. The van der Waals surface area contributed by atoms with E-state index >= 15 is 0 Å². The standard InChI is InChI=1S/C16H20N2O6S/c1-10(25-13-6-4-12(5-7-13)18(22)23)15(19)17-14(16(20)21)11-3-2-8-24-9-11/h4-7,10-11,14H,2-3,8-9H2,1H3,(H,17,19)(H,20,21). The lowest BCUT2D eigenvalue weighted by molar-refractivity contribution is -0.384. The number of aliphatic carboxylic acids is 1. The molecule has 2 N–H and O–H groups in total. The number of hydrogen-bond donors (Lipinski definition) is 2. The molecule has 8 nitrogen and oxygen atoms in total. The van der Waals surface area contributed by atoms with Crippen LogP contribution in [0, 0.1) is 16.0 Å². The van der Waals surface area contributed by atoms with Crippen LogP contribution in [0.1, 0.15) is 19.8 Å². The summed E-state index contributed by atoms with van der Waals surface area (Å²) in [5.41, 5.74) is -0.0234. The third-order valence-corrected chi connectivity index (χ3v) is 5.07. The number of thioether (sulfide) groups is 1. The zero-order chi connectivity index (χ0) is 18.4. The maximum absolute atomic E-state index is 12.3. The minimum atomic E-state index is -1.07. The van der Waals surface area contributed by atoms with Crippen LogP contribution in [0.15, 0.2) is 29.2 Å². The summed E-state index contributed by atoms with van der Waals surface area (Å²) in [4.78, 5) is 34.7. The molecule has 1 aromatic carbocycles. The molecule has 0 aliphatic carbocycles. The van der Waals surface area contributed by atoms with Gasteiger partial charge in [0.15, 0.2) is 0 Å². The Morgan fingerprint density at radius 2 is 2.08 bits per heavy atom. The summed E-state index contributed by atoms with van der Waals surface area (Å²) in [6.07, 6.45) is 1.47. The summed E-state index contributed by atoms with van der Waals surface area (Å²) in [7, 11) is 0. The molecule has 3 unspecified atom stereocenters. The van der Waals surface area contributed by atoms with Gasteiger partial charge in [-0.25, -0.2) is 4.79 Å². The fourth-order valence-electron chi connectivity index (χ4n) is 2.58. The number of carboxylic acid groups (broad SMARTS) is 1. The topological polar surface area (TPSA) is 119 Å². The molecule has 0 spiro atoms. The Kier molecular flexibility index (Phi) is 6.77. The van der Waals surface area contributed by atoms with E-state index in [0.29, 0.717) is 24.5 Å². The van der Waals surface area contributed by atoms with E-state index in [4.69, 9.17) is 4.74 Å². The van der Waals surface area contributed by atoms with Crippen LogP contribution >= 0.6 is 11.8 Å². The first-order valence-electron chi connectivity index (χ1n) is 7.90. The zero-order valence-corrected chi connectivity index (χ0v) is 14.5. The van der Waals surface area contributed by atoms with E-state index in [0.717, 1.165) is 6.42 Å². The van der Waals surface area contributed by atoms with E-state index in [2.05, 4.69) is 5.32 Å². The number of carbonyl (C=O) groups is 2. The molecular formula is C16H20N2O6S. The summed E-state index contributed by atoms with van der Waals surface area (Å²) < 4.78 is 5.31. The minimum absolute atomic E-state index is 0.0234. The normalized spacial score (nSPS) is 19.6. The van der Waals surface area contributed by atoms with Crippen LogP contribution in [0.4, 0.5) is 5.69 Å². The van der Waals surface area contributed by atoms with Crippen molar-refractivity contribution in [2.45, 2.75) is 36.0 Å². The maximum Gasteiger partial charge on any atom is 0.326 e. The first kappa shape index (κ1) is 19.2. The van der Waals surface area contributed by atoms with Gasteiger partial charge in [-0.2, -0.15) is 0 Å². The second-order valence-corrected chi connectivity index (χ2v) is 7.23. The molecule has 1 fully saturated rings. The Hall–Kier alpha value is -2.13. The van der Waals surface area contributed by atoms with Crippen molar-refractivity contribution in [2.75, 3.05) is 13.2 Å². The van der Waals surface area contributed by atoms with Crippen molar-refractivity contribution in [2.24, 2.45) is 5.92 Å². The molecular weight excluding hydrogens is 348 g/mol. The van der Waals surface area contributed by atoms with E-state index in [-0.39, 0.29) is 17.5 Å². The average molecular weight is 368 g/mol. The first-order valence-corrected chi connectivity index (χ1v) is 8.78. The monoisotopic (exact) mass is 368 g/mol. The van der Waals surface area contributed by atoms with Gasteiger partial charge in [-0.15, -0.1) is 11.8 Å². The number of nitro groups is 1. The highest BCUT2D eigenvalue weighted by Gasteiger charge is 2.32. The van der Waals surface area contributed by atoms with Gasteiger partial charge < -0.3 is 15.2 Å². The number of ether oxygens (including phenoxy) is 1. The molecule has 1 amide bonds. The molecule has 3 atom stereocenters. The molecule has 0 saturated carbocycles. The van der Waals surface area contributed by atoms with E-state index < -0.39 is 22.2 Å². The number of nitrogens with one attached hydrogen (secondary N) is 1. The van der Waals surface area contributed by atoms with E-state index in [1.54, 1.807) is 19.1 Å². The maximum atomic E-state index is 12.3. The van der Waals surface area contributed by atoms with Crippen molar-refractivity contribution in [1.29, 1.82) is 0 Å². The highest BCUT2D eigenvalue weighted by molar-refractivity contribution is 8.00. The van der Waals surface area contributed by atoms with Crippen molar-refractivity contribution >= 4 is 29.3 Å². The summed E-state index contributed by atoms with van der Waals surface area (Å²) in [5, 5.41) is 22.1. The lowest BCUT2D eigenvalue weighted by atomic mass is 9.93. The van der Waals surface area contributed by atoms with Gasteiger partial charge >= 0.3 is 5.97 Å².